The predicted molar refractivity (Wildman–Crippen MR) is 53.3 cm³/mol. The molecular formula is C9H15N3O2. The van der Waals surface area contributed by atoms with Gasteiger partial charge in [0.15, 0.2) is 0 Å². The van der Waals surface area contributed by atoms with E-state index in [1.807, 2.05) is 20.2 Å². The summed E-state index contributed by atoms with van der Waals surface area (Å²) in [6.07, 6.45) is 2.83. The zero-order valence-electron chi connectivity index (χ0n) is 8.45. The molecule has 0 saturated carbocycles. The van der Waals surface area contributed by atoms with Crippen LogP contribution < -0.4 is 5.32 Å². The molecule has 0 radical (unpaired) electrons. The Kier molecular flexibility index (Phi) is 3.50. The number of aromatic nitrogens is 2. The number of carboxylic acid groups (broad SMARTS) is 1. The van der Waals surface area contributed by atoms with Gasteiger partial charge >= 0.3 is 5.97 Å². The number of carbonyl (C=O) groups is 1. The van der Waals surface area contributed by atoms with E-state index in [0.29, 0.717) is 6.54 Å². The molecule has 0 bridgehead atoms. The molecule has 0 aliphatic rings. The quantitative estimate of drug-likeness (QED) is 0.735. The Hall–Kier alpha value is -1.52. The van der Waals surface area contributed by atoms with Crippen molar-refractivity contribution in [2.45, 2.75) is 19.8 Å². The maximum absolute atomic E-state index is 10.3. The Morgan fingerprint density at radius 2 is 2.43 bits per heavy atom. The summed E-state index contributed by atoms with van der Waals surface area (Å²) >= 11 is 0. The summed E-state index contributed by atoms with van der Waals surface area (Å²) in [4.78, 5) is 10.3. The molecule has 0 amide bonds. The number of hydrogen-bond donors (Lipinski definition) is 2. The molecule has 1 rings (SSSR count). The van der Waals surface area contributed by atoms with Crippen molar-refractivity contribution in [1.29, 1.82) is 0 Å². The summed E-state index contributed by atoms with van der Waals surface area (Å²) in [5, 5.41) is 15.7. The summed E-state index contributed by atoms with van der Waals surface area (Å²) < 4.78 is 1.72. The minimum atomic E-state index is -0.792. The molecule has 0 spiro atoms. The lowest BCUT2D eigenvalue weighted by Gasteiger charge is -2.02. The highest BCUT2D eigenvalue weighted by Gasteiger charge is 2.05. The molecule has 78 valence electrons. The van der Waals surface area contributed by atoms with E-state index < -0.39 is 5.97 Å². The molecule has 1 heterocycles. The summed E-state index contributed by atoms with van der Waals surface area (Å²) in [6, 6.07) is 0. The van der Waals surface area contributed by atoms with Gasteiger partial charge < -0.3 is 10.4 Å². The van der Waals surface area contributed by atoms with Crippen LogP contribution in [0.4, 0.5) is 5.69 Å². The molecule has 0 fully saturated rings. The van der Waals surface area contributed by atoms with E-state index in [1.165, 1.54) is 0 Å². The fourth-order valence-corrected chi connectivity index (χ4v) is 1.25. The molecule has 5 nitrogen and oxygen atoms in total. The van der Waals surface area contributed by atoms with Crippen LogP contribution in [-0.4, -0.2) is 27.4 Å². The normalized spacial score (nSPS) is 10.1. The SMILES string of the molecule is CCc1nn(C)cc1NCCC(=O)O. The minimum absolute atomic E-state index is 0.123. The van der Waals surface area contributed by atoms with Crippen LogP contribution in [0.5, 0.6) is 0 Å². The third kappa shape index (κ3) is 2.76. The first-order chi connectivity index (χ1) is 6.63. The Morgan fingerprint density at radius 1 is 1.71 bits per heavy atom. The molecule has 0 saturated heterocycles. The van der Waals surface area contributed by atoms with Crippen LogP contribution in [0.2, 0.25) is 0 Å². The highest BCUT2D eigenvalue weighted by molar-refractivity contribution is 5.67. The van der Waals surface area contributed by atoms with Crippen molar-refractivity contribution < 1.29 is 9.90 Å². The number of rotatable bonds is 5. The Morgan fingerprint density at radius 3 is 3.00 bits per heavy atom. The van der Waals surface area contributed by atoms with Crippen molar-refractivity contribution in [2.24, 2.45) is 7.05 Å². The van der Waals surface area contributed by atoms with Gasteiger partial charge in [-0.2, -0.15) is 5.10 Å². The third-order valence-electron chi connectivity index (χ3n) is 1.89. The molecule has 14 heavy (non-hydrogen) atoms. The highest BCUT2D eigenvalue weighted by Crippen LogP contribution is 2.13. The average molecular weight is 197 g/mol. The zero-order chi connectivity index (χ0) is 10.6. The van der Waals surface area contributed by atoms with Gasteiger partial charge in [0.1, 0.15) is 0 Å². The molecule has 1 aromatic rings. The predicted octanol–water partition coefficient (Wildman–Crippen LogP) is 0.869. The van der Waals surface area contributed by atoms with Crippen LogP contribution in [0.25, 0.3) is 0 Å². The lowest BCUT2D eigenvalue weighted by molar-refractivity contribution is -0.136. The maximum atomic E-state index is 10.3. The number of hydrogen-bond acceptors (Lipinski definition) is 3. The highest BCUT2D eigenvalue weighted by atomic mass is 16.4. The van der Waals surface area contributed by atoms with Crippen LogP contribution in [-0.2, 0) is 18.3 Å². The van der Waals surface area contributed by atoms with Gasteiger partial charge in [0.2, 0.25) is 0 Å². The van der Waals surface area contributed by atoms with Crippen LogP contribution in [0.3, 0.4) is 0 Å². The Balaban J connectivity index is 2.52. The van der Waals surface area contributed by atoms with E-state index in [2.05, 4.69) is 10.4 Å². The van der Waals surface area contributed by atoms with Gasteiger partial charge in [-0.15, -0.1) is 0 Å². The average Bonchev–Trinajstić information content (AvgIpc) is 2.45. The van der Waals surface area contributed by atoms with Crippen molar-refractivity contribution in [3.8, 4) is 0 Å². The molecule has 2 N–H and O–H groups in total. The summed E-state index contributed by atoms with van der Waals surface area (Å²) in [6.45, 7) is 2.46. The van der Waals surface area contributed by atoms with E-state index in [1.54, 1.807) is 4.68 Å². The fraction of sp³-hybridized carbons (Fsp3) is 0.556. The molecule has 0 aromatic carbocycles. The van der Waals surface area contributed by atoms with Crippen molar-refractivity contribution in [1.82, 2.24) is 9.78 Å². The molecule has 5 heteroatoms. The van der Waals surface area contributed by atoms with E-state index >= 15 is 0 Å². The van der Waals surface area contributed by atoms with Crippen molar-refractivity contribution in [2.75, 3.05) is 11.9 Å². The number of anilines is 1. The van der Waals surface area contributed by atoms with Gasteiger partial charge in [0.05, 0.1) is 17.8 Å². The second-order valence-corrected chi connectivity index (χ2v) is 3.09. The lowest BCUT2D eigenvalue weighted by Crippen LogP contribution is -2.08. The van der Waals surface area contributed by atoms with Crippen molar-refractivity contribution in [3.05, 3.63) is 11.9 Å². The van der Waals surface area contributed by atoms with E-state index in [9.17, 15) is 4.79 Å². The summed E-state index contributed by atoms with van der Waals surface area (Å²) in [5.74, 6) is -0.792. The zero-order valence-corrected chi connectivity index (χ0v) is 8.45. The van der Waals surface area contributed by atoms with Gasteiger partial charge in [-0.05, 0) is 6.42 Å². The van der Waals surface area contributed by atoms with Gasteiger partial charge in [0.25, 0.3) is 0 Å². The first kappa shape index (κ1) is 10.6. The molecule has 1 aromatic heterocycles. The monoisotopic (exact) mass is 197 g/mol. The largest absolute Gasteiger partial charge is 0.481 e. The molecule has 0 atom stereocenters. The second kappa shape index (κ2) is 4.64. The van der Waals surface area contributed by atoms with Crippen LogP contribution in [0.1, 0.15) is 19.0 Å². The first-order valence-corrected chi connectivity index (χ1v) is 4.61. The molecular weight excluding hydrogens is 182 g/mol. The smallest absolute Gasteiger partial charge is 0.305 e. The van der Waals surface area contributed by atoms with E-state index in [0.717, 1.165) is 17.8 Å². The summed E-state index contributed by atoms with van der Waals surface area (Å²) in [7, 11) is 1.85. The van der Waals surface area contributed by atoms with Crippen LogP contribution >= 0.6 is 0 Å². The van der Waals surface area contributed by atoms with E-state index in [-0.39, 0.29) is 6.42 Å². The van der Waals surface area contributed by atoms with E-state index in [4.69, 9.17) is 5.11 Å². The number of nitrogens with zero attached hydrogens (tertiary/aromatic N) is 2. The van der Waals surface area contributed by atoms with Crippen molar-refractivity contribution >= 4 is 11.7 Å². The minimum Gasteiger partial charge on any atom is -0.481 e. The Bertz CT molecular complexity index is 320. The topological polar surface area (TPSA) is 67.2 Å². The van der Waals surface area contributed by atoms with Gasteiger partial charge in [-0.3, -0.25) is 9.48 Å². The standard InChI is InChI=1S/C9H15N3O2/c1-3-7-8(6-12(2)11-7)10-5-4-9(13)14/h6,10H,3-5H2,1-2H3,(H,13,14). The van der Waals surface area contributed by atoms with Crippen LogP contribution in [0, 0.1) is 0 Å². The van der Waals surface area contributed by atoms with Crippen molar-refractivity contribution in [3.63, 3.8) is 0 Å². The fourth-order valence-electron chi connectivity index (χ4n) is 1.25. The third-order valence-corrected chi connectivity index (χ3v) is 1.89. The number of aryl methyl sites for hydroxylation is 2. The number of aliphatic carboxylic acids is 1. The molecule has 0 unspecified atom stereocenters. The van der Waals surface area contributed by atoms with Gasteiger partial charge in [0, 0.05) is 19.8 Å². The van der Waals surface area contributed by atoms with Crippen LogP contribution in [0.15, 0.2) is 6.20 Å². The first-order valence-electron chi connectivity index (χ1n) is 4.61. The maximum Gasteiger partial charge on any atom is 0.305 e. The number of nitrogens with one attached hydrogen (secondary N) is 1. The van der Waals surface area contributed by atoms with Gasteiger partial charge in [-0.25, -0.2) is 0 Å². The Labute approximate surface area is 82.7 Å². The summed E-state index contributed by atoms with van der Waals surface area (Å²) in [5.41, 5.74) is 1.90. The van der Waals surface area contributed by atoms with Gasteiger partial charge in [-0.1, -0.05) is 6.92 Å². The lowest BCUT2D eigenvalue weighted by atomic mass is 10.3. The second-order valence-electron chi connectivity index (χ2n) is 3.09. The number of carboxylic acids is 1. The molecule has 0 aliphatic carbocycles. The molecule has 0 aliphatic heterocycles.